The predicted octanol–water partition coefficient (Wildman–Crippen LogP) is 1.58. The average molecular weight is 252 g/mol. The molecule has 0 aromatic carbocycles. The minimum absolute atomic E-state index is 0.0183. The molecule has 1 aromatic heterocycles. The maximum absolute atomic E-state index is 11.4. The molecule has 2 amide bonds. The van der Waals surface area contributed by atoms with Gasteiger partial charge in [0, 0.05) is 13.3 Å². The van der Waals surface area contributed by atoms with E-state index in [0.717, 1.165) is 0 Å². The van der Waals surface area contributed by atoms with Gasteiger partial charge in [-0.05, 0) is 18.1 Å². The first-order valence-corrected chi connectivity index (χ1v) is 6.06. The van der Waals surface area contributed by atoms with Gasteiger partial charge in [-0.25, -0.2) is 0 Å². The summed E-state index contributed by atoms with van der Waals surface area (Å²) >= 11 is 0. The lowest BCUT2D eigenvalue weighted by Gasteiger charge is -2.05. The monoisotopic (exact) mass is 252 g/mol. The van der Waals surface area contributed by atoms with E-state index in [4.69, 9.17) is 4.42 Å². The summed E-state index contributed by atoms with van der Waals surface area (Å²) in [6.45, 7) is 6.20. The molecular weight excluding hydrogens is 232 g/mol. The third kappa shape index (κ3) is 5.52. The van der Waals surface area contributed by atoms with Crippen LogP contribution in [-0.4, -0.2) is 11.8 Å². The first kappa shape index (κ1) is 14.3. The van der Waals surface area contributed by atoms with Crippen LogP contribution in [0.2, 0.25) is 0 Å². The Morgan fingerprint density at radius 3 is 2.22 bits per heavy atom. The van der Waals surface area contributed by atoms with Gasteiger partial charge in [0.05, 0.1) is 13.1 Å². The van der Waals surface area contributed by atoms with Crippen LogP contribution in [0.15, 0.2) is 16.5 Å². The molecule has 0 bridgehead atoms. The van der Waals surface area contributed by atoms with Crippen LogP contribution in [0.4, 0.5) is 0 Å². The zero-order valence-electron chi connectivity index (χ0n) is 11.1. The summed E-state index contributed by atoms with van der Waals surface area (Å²) < 4.78 is 5.46. The Labute approximate surface area is 107 Å². The van der Waals surface area contributed by atoms with Crippen molar-refractivity contribution in [3.63, 3.8) is 0 Å². The molecule has 0 atom stereocenters. The van der Waals surface area contributed by atoms with Gasteiger partial charge < -0.3 is 15.1 Å². The van der Waals surface area contributed by atoms with Crippen LogP contribution >= 0.6 is 0 Å². The van der Waals surface area contributed by atoms with Gasteiger partial charge in [0.15, 0.2) is 0 Å². The molecule has 0 saturated carbocycles. The summed E-state index contributed by atoms with van der Waals surface area (Å²) in [5.74, 6) is 1.63. The van der Waals surface area contributed by atoms with Gasteiger partial charge in [-0.1, -0.05) is 13.8 Å². The second-order valence-corrected chi connectivity index (χ2v) is 4.65. The minimum Gasteiger partial charge on any atom is -0.462 e. The van der Waals surface area contributed by atoms with Gasteiger partial charge in [0.2, 0.25) is 11.8 Å². The lowest BCUT2D eigenvalue weighted by atomic mass is 10.1. The Balaban J connectivity index is 2.35. The van der Waals surface area contributed by atoms with Crippen LogP contribution in [0.3, 0.4) is 0 Å². The van der Waals surface area contributed by atoms with Crippen LogP contribution in [0, 0.1) is 5.92 Å². The molecule has 0 saturated heterocycles. The maximum Gasteiger partial charge on any atom is 0.220 e. The second kappa shape index (κ2) is 6.83. The summed E-state index contributed by atoms with van der Waals surface area (Å²) in [4.78, 5) is 22.2. The van der Waals surface area contributed by atoms with Crippen molar-refractivity contribution in [1.82, 2.24) is 10.6 Å². The summed E-state index contributed by atoms with van der Waals surface area (Å²) in [6.07, 6.45) is 0.513. The van der Waals surface area contributed by atoms with Gasteiger partial charge >= 0.3 is 0 Å². The van der Waals surface area contributed by atoms with Crippen molar-refractivity contribution in [1.29, 1.82) is 0 Å². The standard InChI is InChI=1S/C13H20N2O3/c1-9(2)6-13(17)15-8-12-5-4-11(18-12)7-14-10(3)16/h4-5,9H,6-8H2,1-3H3,(H,14,16)(H,15,17). The van der Waals surface area contributed by atoms with Crippen molar-refractivity contribution in [3.05, 3.63) is 23.7 Å². The molecule has 1 rings (SSSR count). The number of hydrogen-bond donors (Lipinski definition) is 2. The Morgan fingerprint density at radius 2 is 1.72 bits per heavy atom. The van der Waals surface area contributed by atoms with Crippen LogP contribution in [-0.2, 0) is 22.7 Å². The summed E-state index contributed by atoms with van der Waals surface area (Å²) in [6, 6.07) is 3.59. The number of hydrogen-bond acceptors (Lipinski definition) is 3. The lowest BCUT2D eigenvalue weighted by molar-refractivity contribution is -0.122. The Kier molecular flexibility index (Phi) is 5.42. The van der Waals surface area contributed by atoms with E-state index in [1.165, 1.54) is 6.92 Å². The first-order chi connectivity index (χ1) is 8.47. The van der Waals surface area contributed by atoms with Crippen LogP contribution < -0.4 is 10.6 Å². The molecule has 0 aliphatic rings. The van der Waals surface area contributed by atoms with E-state index in [1.54, 1.807) is 12.1 Å². The third-order valence-corrected chi connectivity index (χ3v) is 2.28. The fraction of sp³-hybridized carbons (Fsp3) is 0.538. The molecule has 0 spiro atoms. The highest BCUT2D eigenvalue weighted by Crippen LogP contribution is 2.07. The number of amides is 2. The molecule has 18 heavy (non-hydrogen) atoms. The fourth-order valence-electron chi connectivity index (χ4n) is 1.45. The molecule has 1 aromatic rings. The van der Waals surface area contributed by atoms with Crippen molar-refractivity contribution in [2.45, 2.75) is 40.3 Å². The first-order valence-electron chi connectivity index (χ1n) is 6.06. The Morgan fingerprint density at radius 1 is 1.17 bits per heavy atom. The molecule has 2 N–H and O–H groups in total. The molecule has 100 valence electrons. The molecule has 0 aliphatic heterocycles. The van der Waals surface area contributed by atoms with E-state index in [-0.39, 0.29) is 11.8 Å². The van der Waals surface area contributed by atoms with E-state index >= 15 is 0 Å². The fourth-order valence-corrected chi connectivity index (χ4v) is 1.45. The average Bonchev–Trinajstić information content (AvgIpc) is 2.70. The lowest BCUT2D eigenvalue weighted by Crippen LogP contribution is -2.23. The molecule has 0 unspecified atom stereocenters. The van der Waals surface area contributed by atoms with E-state index in [0.29, 0.717) is 36.9 Å². The molecular formula is C13H20N2O3. The van der Waals surface area contributed by atoms with Crippen LogP contribution in [0.25, 0.3) is 0 Å². The van der Waals surface area contributed by atoms with E-state index in [1.807, 2.05) is 13.8 Å². The van der Waals surface area contributed by atoms with Crippen molar-refractivity contribution in [2.24, 2.45) is 5.92 Å². The number of carbonyl (C=O) groups is 2. The zero-order valence-corrected chi connectivity index (χ0v) is 11.1. The highest BCUT2D eigenvalue weighted by molar-refractivity contribution is 5.76. The number of carbonyl (C=O) groups excluding carboxylic acids is 2. The SMILES string of the molecule is CC(=O)NCc1ccc(CNC(=O)CC(C)C)o1. The predicted molar refractivity (Wildman–Crippen MR) is 67.5 cm³/mol. The van der Waals surface area contributed by atoms with Crippen molar-refractivity contribution in [2.75, 3.05) is 0 Å². The van der Waals surface area contributed by atoms with E-state index < -0.39 is 0 Å². The number of nitrogens with one attached hydrogen (secondary N) is 2. The molecule has 0 fully saturated rings. The smallest absolute Gasteiger partial charge is 0.220 e. The summed E-state index contributed by atoms with van der Waals surface area (Å²) in [5, 5.41) is 5.43. The normalized spacial score (nSPS) is 10.4. The molecule has 5 nitrogen and oxygen atoms in total. The topological polar surface area (TPSA) is 71.3 Å². The van der Waals surface area contributed by atoms with Gasteiger partial charge in [-0.3, -0.25) is 9.59 Å². The van der Waals surface area contributed by atoms with Crippen molar-refractivity contribution in [3.8, 4) is 0 Å². The van der Waals surface area contributed by atoms with E-state index in [9.17, 15) is 9.59 Å². The van der Waals surface area contributed by atoms with Crippen LogP contribution in [0.1, 0.15) is 38.7 Å². The maximum atomic E-state index is 11.4. The quantitative estimate of drug-likeness (QED) is 0.807. The third-order valence-electron chi connectivity index (χ3n) is 2.28. The van der Waals surface area contributed by atoms with Crippen LogP contribution in [0.5, 0.6) is 0 Å². The molecule has 0 radical (unpaired) electrons. The zero-order chi connectivity index (χ0) is 13.5. The Bertz CT molecular complexity index is 410. The molecule has 5 heteroatoms. The molecule has 1 heterocycles. The minimum atomic E-state index is -0.0989. The van der Waals surface area contributed by atoms with Crippen molar-refractivity contribution >= 4 is 11.8 Å². The van der Waals surface area contributed by atoms with Gasteiger partial charge in [-0.15, -0.1) is 0 Å². The number of rotatable bonds is 6. The summed E-state index contributed by atoms with van der Waals surface area (Å²) in [5.41, 5.74) is 0. The van der Waals surface area contributed by atoms with Gasteiger partial charge in [0.25, 0.3) is 0 Å². The highest BCUT2D eigenvalue weighted by Gasteiger charge is 2.07. The van der Waals surface area contributed by atoms with Gasteiger partial charge in [0.1, 0.15) is 11.5 Å². The molecule has 0 aliphatic carbocycles. The number of furan rings is 1. The van der Waals surface area contributed by atoms with Crippen molar-refractivity contribution < 1.29 is 14.0 Å². The largest absolute Gasteiger partial charge is 0.462 e. The summed E-state index contributed by atoms with van der Waals surface area (Å²) in [7, 11) is 0. The van der Waals surface area contributed by atoms with E-state index in [2.05, 4.69) is 10.6 Å². The highest BCUT2D eigenvalue weighted by atomic mass is 16.3. The second-order valence-electron chi connectivity index (χ2n) is 4.65. The Hall–Kier alpha value is -1.78. The van der Waals surface area contributed by atoms with Gasteiger partial charge in [-0.2, -0.15) is 0 Å².